The number of hydrogen-bond acceptors (Lipinski definition) is 5. The van der Waals surface area contributed by atoms with Gasteiger partial charge in [0.15, 0.2) is 5.17 Å². The van der Waals surface area contributed by atoms with Crippen LogP contribution in [0.2, 0.25) is 10.3 Å². The number of anilines is 1. The van der Waals surface area contributed by atoms with E-state index in [0.29, 0.717) is 10.9 Å². The van der Waals surface area contributed by atoms with Crippen molar-refractivity contribution >= 4 is 51.7 Å². The molecule has 1 aromatic heterocycles. The predicted molar refractivity (Wildman–Crippen MR) is 105 cm³/mol. The second kappa shape index (κ2) is 7.23. The van der Waals surface area contributed by atoms with E-state index in [4.69, 9.17) is 28.9 Å². The number of carbonyl (C=O) groups is 1. The molecule has 5 nitrogen and oxygen atoms in total. The fourth-order valence-electron chi connectivity index (χ4n) is 2.61. The molecule has 25 heavy (non-hydrogen) atoms. The number of amidine groups is 1. The number of nitrogens with zero attached hydrogens (tertiary/aromatic N) is 2. The van der Waals surface area contributed by atoms with Crippen LogP contribution in [0.3, 0.4) is 0 Å². The van der Waals surface area contributed by atoms with E-state index in [1.165, 1.54) is 6.07 Å². The van der Waals surface area contributed by atoms with Crippen LogP contribution in [0.15, 0.2) is 41.4 Å². The lowest BCUT2D eigenvalue weighted by molar-refractivity contribution is 0.102. The van der Waals surface area contributed by atoms with Gasteiger partial charge in [0.25, 0.3) is 5.91 Å². The smallest absolute Gasteiger partial charge is 0.258 e. The maximum atomic E-state index is 12.4. The Morgan fingerprint density at radius 3 is 2.84 bits per heavy atom. The molecule has 1 aliphatic rings. The van der Waals surface area contributed by atoms with Crippen molar-refractivity contribution in [2.24, 2.45) is 10.7 Å². The number of pyridine rings is 1. The van der Waals surface area contributed by atoms with Crippen LogP contribution >= 0.6 is 35.0 Å². The number of benzene rings is 1. The van der Waals surface area contributed by atoms with E-state index in [2.05, 4.69) is 15.3 Å². The van der Waals surface area contributed by atoms with Gasteiger partial charge in [-0.1, -0.05) is 47.1 Å². The third-order valence-electron chi connectivity index (χ3n) is 4.00. The van der Waals surface area contributed by atoms with Crippen LogP contribution in [0, 0.1) is 0 Å². The zero-order chi connectivity index (χ0) is 18.0. The van der Waals surface area contributed by atoms with Crippen molar-refractivity contribution in [3.63, 3.8) is 0 Å². The molecule has 1 amide bonds. The molecule has 0 radical (unpaired) electrons. The third-order valence-corrected chi connectivity index (χ3v) is 5.29. The standard InChI is InChI=1S/C17H16Cl2N4OS/c1-17(7-8-25-16(20)23-17)10-3-2-4-11(9-10)21-15(24)12-5-6-13(18)22-14(12)19/h2-6,9H,7-8H2,1H3,(H2,20,23)(H,21,24). The zero-order valence-electron chi connectivity index (χ0n) is 13.4. The number of carbonyl (C=O) groups excluding carboxylic acids is 1. The van der Waals surface area contributed by atoms with Gasteiger partial charge < -0.3 is 11.1 Å². The number of nitrogens with one attached hydrogen (secondary N) is 1. The fraction of sp³-hybridized carbons (Fsp3) is 0.235. The van der Waals surface area contributed by atoms with E-state index in [0.717, 1.165) is 17.7 Å². The molecule has 3 N–H and O–H groups in total. The number of halogens is 2. The number of amides is 1. The number of aliphatic imine (C=N–C) groups is 1. The molecule has 2 heterocycles. The predicted octanol–water partition coefficient (Wildman–Crippen LogP) is 4.31. The van der Waals surface area contributed by atoms with Crippen LogP contribution in [0.25, 0.3) is 0 Å². The van der Waals surface area contributed by atoms with Gasteiger partial charge in [-0.15, -0.1) is 0 Å². The Balaban J connectivity index is 1.85. The second-order valence-corrected chi connectivity index (χ2v) is 7.69. The van der Waals surface area contributed by atoms with Crippen LogP contribution < -0.4 is 11.1 Å². The summed E-state index contributed by atoms with van der Waals surface area (Å²) in [7, 11) is 0. The Morgan fingerprint density at radius 2 is 2.12 bits per heavy atom. The summed E-state index contributed by atoms with van der Waals surface area (Å²) >= 11 is 13.3. The van der Waals surface area contributed by atoms with Crippen LogP contribution in [0.4, 0.5) is 5.69 Å². The molecule has 3 rings (SSSR count). The number of nitrogens with two attached hydrogens (primary N) is 1. The van der Waals surface area contributed by atoms with Crippen molar-refractivity contribution in [2.45, 2.75) is 18.9 Å². The molecule has 0 aliphatic carbocycles. The highest BCUT2D eigenvalue weighted by Gasteiger charge is 2.29. The Bertz CT molecular complexity index is 858. The highest BCUT2D eigenvalue weighted by molar-refractivity contribution is 8.13. The van der Waals surface area contributed by atoms with E-state index in [1.807, 2.05) is 31.2 Å². The minimum Gasteiger partial charge on any atom is -0.379 e. The lowest BCUT2D eigenvalue weighted by Gasteiger charge is -2.30. The third kappa shape index (κ3) is 4.08. The van der Waals surface area contributed by atoms with Gasteiger partial charge in [0, 0.05) is 11.4 Å². The lowest BCUT2D eigenvalue weighted by atomic mass is 9.89. The summed E-state index contributed by atoms with van der Waals surface area (Å²) in [6.45, 7) is 2.04. The first-order chi connectivity index (χ1) is 11.9. The summed E-state index contributed by atoms with van der Waals surface area (Å²) in [6, 6.07) is 10.7. The molecule has 0 spiro atoms. The Hall–Kier alpha value is -1.76. The first-order valence-electron chi connectivity index (χ1n) is 7.59. The first-order valence-corrected chi connectivity index (χ1v) is 9.34. The fourth-order valence-corrected chi connectivity index (χ4v) is 4.01. The van der Waals surface area contributed by atoms with E-state index in [-0.39, 0.29) is 21.8 Å². The average Bonchev–Trinajstić information content (AvgIpc) is 2.54. The SMILES string of the molecule is CC1(c2cccc(NC(=O)c3ccc(Cl)nc3Cl)c2)CCSC(N)=N1. The molecular formula is C17H16Cl2N4OS. The zero-order valence-corrected chi connectivity index (χ0v) is 15.8. The summed E-state index contributed by atoms with van der Waals surface area (Å²) in [5, 5.41) is 3.72. The molecule has 1 unspecified atom stereocenters. The van der Waals surface area contributed by atoms with Crippen molar-refractivity contribution in [1.82, 2.24) is 4.98 Å². The second-order valence-electron chi connectivity index (χ2n) is 5.83. The molecule has 1 aromatic carbocycles. The van der Waals surface area contributed by atoms with E-state index in [9.17, 15) is 4.79 Å². The molecule has 2 aromatic rings. The van der Waals surface area contributed by atoms with Crippen molar-refractivity contribution in [2.75, 3.05) is 11.1 Å². The Labute approximate surface area is 160 Å². The Morgan fingerprint density at radius 1 is 1.32 bits per heavy atom. The first kappa shape index (κ1) is 18.0. The van der Waals surface area contributed by atoms with Crippen LogP contribution in [-0.4, -0.2) is 21.8 Å². The molecule has 0 fully saturated rings. The van der Waals surface area contributed by atoms with Crippen molar-refractivity contribution < 1.29 is 4.79 Å². The monoisotopic (exact) mass is 394 g/mol. The maximum Gasteiger partial charge on any atom is 0.258 e. The van der Waals surface area contributed by atoms with Crippen molar-refractivity contribution in [1.29, 1.82) is 0 Å². The van der Waals surface area contributed by atoms with E-state index in [1.54, 1.807) is 17.8 Å². The maximum absolute atomic E-state index is 12.4. The average molecular weight is 395 g/mol. The highest BCUT2D eigenvalue weighted by Crippen LogP contribution is 2.36. The van der Waals surface area contributed by atoms with Gasteiger partial charge >= 0.3 is 0 Å². The van der Waals surface area contributed by atoms with Crippen LogP contribution in [0.1, 0.15) is 29.3 Å². The van der Waals surface area contributed by atoms with Crippen LogP contribution in [0.5, 0.6) is 0 Å². The summed E-state index contributed by atoms with van der Waals surface area (Å²) in [5.74, 6) is 0.563. The number of thioether (sulfide) groups is 1. The van der Waals surface area contributed by atoms with Crippen LogP contribution in [-0.2, 0) is 5.54 Å². The summed E-state index contributed by atoms with van der Waals surface area (Å²) in [6.07, 6.45) is 0.878. The topological polar surface area (TPSA) is 80.4 Å². The molecule has 1 aliphatic heterocycles. The van der Waals surface area contributed by atoms with Crippen molar-refractivity contribution in [3.05, 3.63) is 57.8 Å². The largest absolute Gasteiger partial charge is 0.379 e. The van der Waals surface area contributed by atoms with E-state index < -0.39 is 5.54 Å². The van der Waals surface area contributed by atoms with Gasteiger partial charge in [0.05, 0.1) is 11.1 Å². The van der Waals surface area contributed by atoms with Gasteiger partial charge in [0.1, 0.15) is 10.3 Å². The summed E-state index contributed by atoms with van der Waals surface area (Å²) in [4.78, 5) is 20.9. The van der Waals surface area contributed by atoms with Gasteiger partial charge in [0.2, 0.25) is 0 Å². The Kier molecular flexibility index (Phi) is 5.22. The number of rotatable bonds is 3. The van der Waals surface area contributed by atoms with E-state index >= 15 is 0 Å². The molecule has 8 heteroatoms. The molecule has 0 bridgehead atoms. The molecule has 0 saturated heterocycles. The van der Waals surface area contributed by atoms with Gasteiger partial charge in [-0.25, -0.2) is 4.98 Å². The van der Waals surface area contributed by atoms with Gasteiger partial charge in [-0.3, -0.25) is 9.79 Å². The number of hydrogen-bond donors (Lipinski definition) is 2. The molecule has 0 saturated carbocycles. The molecule has 1 atom stereocenters. The number of aromatic nitrogens is 1. The minimum absolute atomic E-state index is 0.0646. The van der Waals surface area contributed by atoms with Crippen molar-refractivity contribution in [3.8, 4) is 0 Å². The highest BCUT2D eigenvalue weighted by atomic mass is 35.5. The lowest BCUT2D eigenvalue weighted by Crippen LogP contribution is -2.28. The van der Waals surface area contributed by atoms with Gasteiger partial charge in [-0.2, -0.15) is 0 Å². The summed E-state index contributed by atoms with van der Waals surface area (Å²) < 4.78 is 0. The molecular weight excluding hydrogens is 379 g/mol. The molecule has 130 valence electrons. The normalized spacial score (nSPS) is 20.0. The minimum atomic E-state index is -0.393. The summed E-state index contributed by atoms with van der Waals surface area (Å²) in [5.41, 5.74) is 7.40. The van der Waals surface area contributed by atoms with Gasteiger partial charge in [-0.05, 0) is 43.2 Å². The quantitative estimate of drug-likeness (QED) is 0.759.